The van der Waals surface area contributed by atoms with Crippen LogP contribution >= 0.6 is 0 Å². The Morgan fingerprint density at radius 2 is 1.92 bits per heavy atom. The van der Waals surface area contributed by atoms with Gasteiger partial charge in [0.25, 0.3) is 0 Å². The van der Waals surface area contributed by atoms with Gasteiger partial charge in [-0.1, -0.05) is 0 Å². The van der Waals surface area contributed by atoms with E-state index in [9.17, 15) is 5.26 Å². The van der Waals surface area contributed by atoms with Gasteiger partial charge in [-0.2, -0.15) is 5.26 Å². The topological polar surface area (TPSA) is 97.8 Å². The second kappa shape index (κ2) is 11.1. The van der Waals surface area contributed by atoms with E-state index in [1.54, 1.807) is 13.3 Å². The molecule has 3 aromatic rings. The number of rotatable bonds is 5. The number of nitrogens with zero attached hydrogens (tertiary/aromatic N) is 7. The van der Waals surface area contributed by atoms with Crippen molar-refractivity contribution in [2.75, 3.05) is 62.7 Å². The fraction of sp³-hybridized carbons (Fsp3) is 0.500. The van der Waals surface area contributed by atoms with Gasteiger partial charge < -0.3 is 20.3 Å². The highest BCUT2D eigenvalue weighted by molar-refractivity contribution is 5.95. The summed E-state index contributed by atoms with van der Waals surface area (Å²) in [6.07, 6.45) is 4.95. The number of nitriles is 1. The lowest BCUT2D eigenvalue weighted by Crippen LogP contribution is -2.58. The lowest BCUT2D eigenvalue weighted by molar-refractivity contribution is 0.108. The van der Waals surface area contributed by atoms with Crippen LogP contribution in [0, 0.1) is 11.3 Å². The third kappa shape index (κ3) is 5.18. The Labute approximate surface area is 230 Å². The highest BCUT2D eigenvalue weighted by Gasteiger charge is 2.35. The lowest BCUT2D eigenvalue weighted by atomic mass is 10.0. The summed E-state index contributed by atoms with van der Waals surface area (Å²) in [5, 5.41) is 10.6. The van der Waals surface area contributed by atoms with E-state index in [4.69, 9.17) is 15.5 Å². The first-order valence-electron chi connectivity index (χ1n) is 14.0. The van der Waals surface area contributed by atoms with Gasteiger partial charge in [-0.05, 0) is 49.7 Å². The van der Waals surface area contributed by atoms with Crippen molar-refractivity contribution >= 4 is 22.3 Å². The third-order valence-electron chi connectivity index (χ3n) is 8.78. The first kappa shape index (κ1) is 26.0. The number of fused-ring (bicyclic) bond motifs is 2. The molecule has 9 nitrogen and oxygen atoms in total. The molecule has 1 aromatic carbocycles. The second-order valence-corrected chi connectivity index (χ2v) is 11.2. The Kier molecular flexibility index (Phi) is 7.36. The highest BCUT2D eigenvalue weighted by Crippen LogP contribution is 2.32. The van der Waals surface area contributed by atoms with Gasteiger partial charge in [0.2, 0.25) is 0 Å². The zero-order valence-corrected chi connectivity index (χ0v) is 22.9. The molecule has 0 spiro atoms. The van der Waals surface area contributed by atoms with Crippen LogP contribution in [0.4, 0.5) is 11.4 Å². The molecular weight excluding hydrogens is 488 g/mol. The van der Waals surface area contributed by atoms with Crippen molar-refractivity contribution in [2.45, 2.75) is 44.1 Å². The Hall–Kier alpha value is -3.29. The molecule has 0 saturated carbocycles. The van der Waals surface area contributed by atoms with Crippen molar-refractivity contribution in [3.8, 4) is 6.07 Å². The minimum Gasteiger partial charge on any atom is -0.378 e. The predicted octanol–water partition coefficient (Wildman–Crippen LogP) is 2.45. The molecule has 2 N–H and O–H groups in total. The molecule has 204 valence electrons. The van der Waals surface area contributed by atoms with Gasteiger partial charge in [0.1, 0.15) is 6.07 Å². The van der Waals surface area contributed by atoms with E-state index in [0.29, 0.717) is 17.6 Å². The summed E-state index contributed by atoms with van der Waals surface area (Å²) in [6, 6.07) is 15.7. The Morgan fingerprint density at radius 3 is 2.69 bits per heavy atom. The van der Waals surface area contributed by atoms with Crippen LogP contribution in [0.5, 0.6) is 0 Å². The van der Waals surface area contributed by atoms with E-state index in [1.165, 1.54) is 5.69 Å². The van der Waals surface area contributed by atoms with Crippen LogP contribution < -0.4 is 15.5 Å². The minimum absolute atomic E-state index is 0.0379. The van der Waals surface area contributed by atoms with Gasteiger partial charge in [-0.25, -0.2) is 0 Å². The SMILES string of the molecule is CO[C@@H]1CN(c2ccc(CN3CC[C@H]4CN(c5ccc(C#N)c6ncccc56)C[C@@H](C)N4CC3)nc2)C[C@H]1N. The maximum atomic E-state index is 9.56. The number of aromatic nitrogens is 2. The van der Waals surface area contributed by atoms with Gasteiger partial charge >= 0.3 is 0 Å². The number of piperazine rings is 1. The molecule has 0 amide bonds. The molecule has 0 bridgehead atoms. The minimum atomic E-state index is 0.0379. The summed E-state index contributed by atoms with van der Waals surface area (Å²) in [6.45, 7) is 9.95. The van der Waals surface area contributed by atoms with E-state index in [1.807, 2.05) is 18.3 Å². The third-order valence-corrected chi connectivity index (χ3v) is 8.78. The van der Waals surface area contributed by atoms with Crippen molar-refractivity contribution in [1.29, 1.82) is 5.26 Å². The number of hydrogen-bond donors (Lipinski definition) is 1. The molecule has 5 heterocycles. The number of pyridine rings is 2. The fourth-order valence-electron chi connectivity index (χ4n) is 6.64. The average molecular weight is 527 g/mol. The number of benzene rings is 1. The van der Waals surface area contributed by atoms with Crippen LogP contribution in [-0.4, -0.2) is 96.9 Å². The zero-order chi connectivity index (χ0) is 26.9. The largest absolute Gasteiger partial charge is 0.378 e. The van der Waals surface area contributed by atoms with Gasteiger partial charge in [-0.15, -0.1) is 0 Å². The van der Waals surface area contributed by atoms with Crippen molar-refractivity contribution < 1.29 is 4.74 Å². The lowest BCUT2D eigenvalue weighted by Gasteiger charge is -2.46. The summed E-state index contributed by atoms with van der Waals surface area (Å²) in [5.41, 5.74) is 11.0. The molecular formula is C30H38N8O. The summed E-state index contributed by atoms with van der Waals surface area (Å²) in [4.78, 5) is 19.3. The Bertz CT molecular complexity index is 1340. The first-order valence-corrected chi connectivity index (χ1v) is 14.0. The van der Waals surface area contributed by atoms with E-state index in [0.717, 1.165) is 81.1 Å². The molecule has 0 aliphatic carbocycles. The van der Waals surface area contributed by atoms with E-state index in [2.05, 4.69) is 61.8 Å². The maximum absolute atomic E-state index is 9.56. The van der Waals surface area contributed by atoms with Crippen molar-refractivity contribution in [3.63, 3.8) is 0 Å². The van der Waals surface area contributed by atoms with Gasteiger partial charge in [0.05, 0.1) is 40.8 Å². The number of hydrogen-bond acceptors (Lipinski definition) is 9. The molecule has 6 rings (SSSR count). The molecule has 39 heavy (non-hydrogen) atoms. The van der Waals surface area contributed by atoms with Gasteiger partial charge in [-0.3, -0.25) is 19.8 Å². The molecule has 3 aliphatic heterocycles. The van der Waals surface area contributed by atoms with E-state index < -0.39 is 0 Å². The average Bonchev–Trinajstić information content (AvgIpc) is 3.22. The molecule has 3 fully saturated rings. The van der Waals surface area contributed by atoms with Gasteiger partial charge in [0.15, 0.2) is 0 Å². The molecule has 3 aliphatic rings. The zero-order valence-electron chi connectivity index (χ0n) is 22.9. The van der Waals surface area contributed by atoms with Crippen molar-refractivity contribution in [2.24, 2.45) is 5.73 Å². The second-order valence-electron chi connectivity index (χ2n) is 11.2. The molecule has 3 saturated heterocycles. The molecule has 2 aromatic heterocycles. The maximum Gasteiger partial charge on any atom is 0.101 e. The van der Waals surface area contributed by atoms with Crippen molar-refractivity contribution in [1.82, 2.24) is 19.8 Å². The van der Waals surface area contributed by atoms with Crippen LogP contribution in [0.3, 0.4) is 0 Å². The van der Waals surface area contributed by atoms with E-state index in [-0.39, 0.29) is 12.1 Å². The number of anilines is 2. The first-order chi connectivity index (χ1) is 19.0. The monoisotopic (exact) mass is 526 g/mol. The van der Waals surface area contributed by atoms with Crippen LogP contribution in [0.25, 0.3) is 10.9 Å². The molecule has 4 atom stereocenters. The number of ether oxygens (including phenoxy) is 1. The smallest absolute Gasteiger partial charge is 0.101 e. The van der Waals surface area contributed by atoms with Gasteiger partial charge in [0, 0.05) is 88.8 Å². The summed E-state index contributed by atoms with van der Waals surface area (Å²) in [5.74, 6) is 0. The summed E-state index contributed by atoms with van der Waals surface area (Å²) >= 11 is 0. The van der Waals surface area contributed by atoms with Crippen LogP contribution in [0.15, 0.2) is 48.8 Å². The highest BCUT2D eigenvalue weighted by atomic mass is 16.5. The number of nitrogens with two attached hydrogens (primary N) is 1. The molecule has 9 heteroatoms. The van der Waals surface area contributed by atoms with Crippen LogP contribution in [0.2, 0.25) is 0 Å². The van der Waals surface area contributed by atoms with E-state index >= 15 is 0 Å². The normalized spacial score (nSPS) is 26.4. The van der Waals surface area contributed by atoms with Crippen LogP contribution in [0.1, 0.15) is 24.6 Å². The Morgan fingerprint density at radius 1 is 1.03 bits per heavy atom. The van der Waals surface area contributed by atoms with Crippen molar-refractivity contribution in [3.05, 3.63) is 60.0 Å². The Balaban J connectivity index is 1.11. The fourth-order valence-corrected chi connectivity index (χ4v) is 6.64. The summed E-state index contributed by atoms with van der Waals surface area (Å²) < 4.78 is 5.50. The molecule has 0 unspecified atom stereocenters. The summed E-state index contributed by atoms with van der Waals surface area (Å²) in [7, 11) is 1.73. The standard InChI is InChI=1S/C30H38N8O/c1-21-16-37(28-8-5-22(14-31)30-26(28)4-3-10-33-30)18-25-9-11-35(12-13-38(21)25)17-23-6-7-24(15-34-23)36-19-27(32)29(20-36)39-2/h3-8,10,15,21,25,27,29H,9,11-13,16-20,32H2,1-2H3/t21-,25+,27-,29-/m1/s1. The quantitative estimate of drug-likeness (QED) is 0.538. The molecule has 0 radical (unpaired) electrons. The number of methoxy groups -OCH3 is 1. The predicted molar refractivity (Wildman–Crippen MR) is 154 cm³/mol. The van der Waals surface area contributed by atoms with Crippen LogP contribution in [-0.2, 0) is 11.3 Å².